The number of ether oxygens (including phenoxy) is 1. The third-order valence-corrected chi connectivity index (χ3v) is 2.59. The third kappa shape index (κ3) is 1.94. The number of fused-ring (bicyclic) bond motifs is 1. The Hall–Kier alpha value is -1.77. The van der Waals surface area contributed by atoms with Crippen LogP contribution in [0.25, 0.3) is 10.8 Å². The van der Waals surface area contributed by atoms with Crippen molar-refractivity contribution in [1.82, 2.24) is 0 Å². The zero-order valence-corrected chi connectivity index (χ0v) is 9.01. The molecule has 0 amide bonds. The molecule has 78 valence electrons. The van der Waals surface area contributed by atoms with Gasteiger partial charge in [-0.2, -0.15) is 0 Å². The van der Waals surface area contributed by atoms with E-state index < -0.39 is 11.8 Å². The minimum Gasteiger partial charge on any atom is -0.469 e. The number of methoxy groups -OCH3 is 1. The maximum absolute atomic E-state index is 11.3. The highest BCUT2D eigenvalue weighted by Gasteiger charge is 2.14. The normalized spacial score (nSPS) is 12.3. The van der Waals surface area contributed by atoms with Crippen LogP contribution in [0, 0.1) is 0 Å². The fourth-order valence-electron chi connectivity index (χ4n) is 1.66. The predicted octanol–water partition coefficient (Wildman–Crippen LogP) is 2.22. The Bertz CT molecular complexity index is 522. The minimum absolute atomic E-state index is 0.421. The lowest BCUT2D eigenvalue weighted by molar-refractivity contribution is -0.140. The molecule has 0 aliphatic heterocycles. The van der Waals surface area contributed by atoms with Crippen molar-refractivity contribution in [1.29, 1.82) is 0 Å². The van der Waals surface area contributed by atoms with E-state index in [-0.39, 0.29) is 0 Å². The van der Waals surface area contributed by atoms with Crippen molar-refractivity contribution in [3.63, 3.8) is 0 Å². The Kier molecular flexibility index (Phi) is 2.95. The predicted molar refractivity (Wildman–Crippen MR) is 64.5 cm³/mol. The van der Waals surface area contributed by atoms with Crippen LogP contribution in [-0.2, 0) is 9.53 Å². The van der Waals surface area contributed by atoms with E-state index in [0.717, 1.165) is 16.3 Å². The van der Waals surface area contributed by atoms with E-state index in [1.165, 1.54) is 7.11 Å². The monoisotopic (exact) mass is 210 g/mol. The van der Waals surface area contributed by atoms with Crippen molar-refractivity contribution in [2.75, 3.05) is 7.11 Å². The van der Waals surface area contributed by atoms with Crippen LogP contribution >= 0.6 is 0 Å². The lowest BCUT2D eigenvalue weighted by atomic mass is 9.80. The molecule has 0 aliphatic carbocycles. The van der Waals surface area contributed by atoms with Gasteiger partial charge in [-0.05, 0) is 16.3 Å². The molecule has 1 atom stereocenters. The second-order valence-corrected chi connectivity index (χ2v) is 3.61. The van der Waals surface area contributed by atoms with Crippen LogP contribution in [0.5, 0.6) is 0 Å². The molecule has 0 heterocycles. The summed E-state index contributed by atoms with van der Waals surface area (Å²) in [5, 5.41) is 2.20. The van der Waals surface area contributed by atoms with Crippen LogP contribution in [0.4, 0.5) is 0 Å². The molecule has 0 aliphatic rings. The molecule has 2 radical (unpaired) electrons. The Labute approximate surface area is 95.6 Å². The van der Waals surface area contributed by atoms with Gasteiger partial charge in [0.05, 0.1) is 15.0 Å². The fourth-order valence-corrected chi connectivity index (χ4v) is 1.66. The summed E-state index contributed by atoms with van der Waals surface area (Å²) in [6.07, 6.45) is 0. The number of rotatable bonds is 2. The van der Waals surface area contributed by atoms with Crippen molar-refractivity contribution in [3.8, 4) is 0 Å². The van der Waals surface area contributed by atoms with Crippen molar-refractivity contribution >= 4 is 24.6 Å². The molecule has 0 spiro atoms. The summed E-state index contributed by atoms with van der Waals surface area (Å²) in [6.45, 7) is 0. The van der Waals surface area contributed by atoms with Crippen LogP contribution in [0.1, 0.15) is 11.4 Å². The van der Waals surface area contributed by atoms with Gasteiger partial charge in [-0.25, -0.2) is 0 Å². The summed E-state index contributed by atoms with van der Waals surface area (Å²) in [4.78, 5) is 11.3. The van der Waals surface area contributed by atoms with E-state index in [9.17, 15) is 4.79 Å². The van der Waals surface area contributed by atoms with E-state index in [1.807, 2.05) is 42.5 Å². The Balaban J connectivity index is 2.43. The number of hydrogen-bond acceptors (Lipinski definition) is 2. The van der Waals surface area contributed by atoms with E-state index in [4.69, 9.17) is 7.85 Å². The Morgan fingerprint density at radius 3 is 2.56 bits per heavy atom. The van der Waals surface area contributed by atoms with Gasteiger partial charge < -0.3 is 4.74 Å². The maximum atomic E-state index is 11.3. The van der Waals surface area contributed by atoms with Gasteiger partial charge in [-0.15, -0.1) is 0 Å². The molecule has 0 fully saturated rings. The van der Waals surface area contributed by atoms with Crippen LogP contribution in [0.15, 0.2) is 42.5 Å². The number of benzene rings is 2. The number of hydrogen-bond donors (Lipinski definition) is 0. The first-order valence-corrected chi connectivity index (χ1v) is 5.04. The Morgan fingerprint density at radius 1 is 1.19 bits per heavy atom. The molecular weight excluding hydrogens is 199 g/mol. The lowest BCUT2D eigenvalue weighted by Crippen LogP contribution is -2.13. The zero-order chi connectivity index (χ0) is 11.5. The average molecular weight is 210 g/mol. The van der Waals surface area contributed by atoms with E-state index in [1.54, 1.807) is 0 Å². The molecule has 0 aromatic heterocycles. The summed E-state index contributed by atoms with van der Waals surface area (Å²) in [7, 11) is 7.10. The smallest absolute Gasteiger partial charge is 0.304 e. The third-order valence-electron chi connectivity index (χ3n) is 2.59. The van der Waals surface area contributed by atoms with Gasteiger partial charge in [0.25, 0.3) is 0 Å². The van der Waals surface area contributed by atoms with Gasteiger partial charge in [0.2, 0.25) is 0 Å². The number of carbonyl (C=O) groups excluding carboxylic acids is 1. The maximum Gasteiger partial charge on any atom is 0.304 e. The van der Waals surface area contributed by atoms with Gasteiger partial charge in [0.1, 0.15) is 0 Å². The van der Waals surface area contributed by atoms with E-state index >= 15 is 0 Å². The SMILES string of the molecule is [B]C(C(=O)OC)c1ccc2ccccc2c1. The molecular formula is C13H11BO2. The topological polar surface area (TPSA) is 26.3 Å². The lowest BCUT2D eigenvalue weighted by Gasteiger charge is -2.10. The van der Waals surface area contributed by atoms with E-state index in [0.29, 0.717) is 0 Å². The molecule has 1 unspecified atom stereocenters. The number of carbonyl (C=O) groups is 1. The molecule has 2 aromatic carbocycles. The van der Waals surface area contributed by atoms with Gasteiger partial charge in [0, 0.05) is 5.82 Å². The molecule has 2 rings (SSSR count). The standard InChI is InChI=1S/C13H11BO2/c1-16-13(15)12(14)11-7-6-9-4-2-3-5-10(9)8-11/h2-8,12H,1H3. The highest BCUT2D eigenvalue weighted by atomic mass is 16.5. The molecule has 16 heavy (non-hydrogen) atoms. The summed E-state index contributed by atoms with van der Waals surface area (Å²) in [6, 6.07) is 13.7. The molecule has 2 nitrogen and oxygen atoms in total. The van der Waals surface area contributed by atoms with Crippen molar-refractivity contribution in [3.05, 3.63) is 48.0 Å². The zero-order valence-electron chi connectivity index (χ0n) is 9.01. The average Bonchev–Trinajstić information content (AvgIpc) is 2.36. The minimum atomic E-state index is -0.713. The molecule has 2 aromatic rings. The molecule has 0 bridgehead atoms. The van der Waals surface area contributed by atoms with Gasteiger partial charge in [-0.3, -0.25) is 4.79 Å². The van der Waals surface area contributed by atoms with Crippen molar-refractivity contribution in [2.45, 2.75) is 5.82 Å². The van der Waals surface area contributed by atoms with Crippen LogP contribution in [0.3, 0.4) is 0 Å². The van der Waals surface area contributed by atoms with Crippen molar-refractivity contribution < 1.29 is 9.53 Å². The van der Waals surface area contributed by atoms with Gasteiger partial charge in [0.15, 0.2) is 0 Å². The highest BCUT2D eigenvalue weighted by Crippen LogP contribution is 2.20. The summed E-state index contributed by atoms with van der Waals surface area (Å²) >= 11 is 0. The van der Waals surface area contributed by atoms with E-state index in [2.05, 4.69) is 4.74 Å². The molecule has 0 N–H and O–H groups in total. The Morgan fingerprint density at radius 2 is 1.88 bits per heavy atom. The highest BCUT2D eigenvalue weighted by molar-refractivity contribution is 6.23. The van der Waals surface area contributed by atoms with Crippen LogP contribution in [-0.4, -0.2) is 20.9 Å². The number of esters is 1. The first kappa shape index (κ1) is 10.7. The molecule has 0 saturated carbocycles. The summed E-state index contributed by atoms with van der Waals surface area (Å²) < 4.78 is 4.61. The molecule has 0 saturated heterocycles. The van der Waals surface area contributed by atoms with Gasteiger partial charge >= 0.3 is 5.97 Å². The van der Waals surface area contributed by atoms with Crippen LogP contribution in [0.2, 0.25) is 0 Å². The van der Waals surface area contributed by atoms with Gasteiger partial charge in [-0.1, -0.05) is 42.5 Å². The summed E-state index contributed by atoms with van der Waals surface area (Å²) in [5.41, 5.74) is 0.769. The quantitative estimate of drug-likeness (QED) is 0.561. The fraction of sp³-hybridized carbons (Fsp3) is 0.154. The van der Waals surface area contributed by atoms with Crippen LogP contribution < -0.4 is 0 Å². The van der Waals surface area contributed by atoms with Crippen molar-refractivity contribution in [2.24, 2.45) is 0 Å². The molecule has 3 heteroatoms. The first-order chi connectivity index (χ1) is 7.72. The first-order valence-electron chi connectivity index (χ1n) is 5.04. The summed E-state index contributed by atoms with van der Waals surface area (Å²) in [5.74, 6) is -1.13. The largest absolute Gasteiger partial charge is 0.469 e. The second kappa shape index (κ2) is 4.39. The second-order valence-electron chi connectivity index (χ2n) is 3.61.